The van der Waals surface area contributed by atoms with Gasteiger partial charge < -0.3 is 9.84 Å². The summed E-state index contributed by atoms with van der Waals surface area (Å²) in [4.78, 5) is 70.0. The summed E-state index contributed by atoms with van der Waals surface area (Å²) in [6, 6.07) is 21.7. The van der Waals surface area contributed by atoms with Crippen LogP contribution in [-0.2, 0) is 29.3 Å². The number of aromatic hydroxyl groups is 1. The molecule has 46 heavy (non-hydrogen) atoms. The molecule has 10 heteroatoms. The van der Waals surface area contributed by atoms with Crippen LogP contribution in [0.1, 0.15) is 41.0 Å². The van der Waals surface area contributed by atoms with E-state index in [9.17, 15) is 24.3 Å². The molecule has 234 valence electrons. The molecule has 0 radical (unpaired) electrons. The number of carbonyl (C=O) groups is 5. The Bertz CT molecular complexity index is 1840. The minimum Gasteiger partial charge on any atom is -0.508 e. The van der Waals surface area contributed by atoms with Gasteiger partial charge in [0.1, 0.15) is 5.75 Å². The summed E-state index contributed by atoms with van der Waals surface area (Å²) in [6.45, 7) is 3.70. The summed E-state index contributed by atoms with van der Waals surface area (Å²) < 4.78 is 4.78. The molecule has 1 saturated carbocycles. The first-order valence-electron chi connectivity index (χ1n) is 15.3. The van der Waals surface area contributed by atoms with Crippen molar-refractivity contribution in [2.45, 2.75) is 38.0 Å². The lowest BCUT2D eigenvalue weighted by atomic mass is 9.49. The zero-order valence-electron chi connectivity index (χ0n) is 25.6. The molecule has 2 aliphatic carbocycles. The molecule has 0 bridgehead atoms. The zero-order chi connectivity index (χ0) is 32.5. The van der Waals surface area contributed by atoms with E-state index in [1.165, 1.54) is 0 Å². The van der Waals surface area contributed by atoms with Crippen molar-refractivity contribution in [2.24, 2.45) is 23.7 Å². The van der Waals surface area contributed by atoms with E-state index < -0.39 is 64.7 Å². The van der Waals surface area contributed by atoms with Crippen LogP contribution in [0.15, 0.2) is 84.4 Å². The highest BCUT2D eigenvalue weighted by Crippen LogP contribution is 2.64. The molecule has 0 spiro atoms. The Kier molecular flexibility index (Phi) is 6.84. The monoisotopic (exact) mass is 619 g/mol. The van der Waals surface area contributed by atoms with Crippen LogP contribution in [0, 0.1) is 37.5 Å². The van der Waals surface area contributed by atoms with Crippen LogP contribution in [0.3, 0.4) is 0 Å². The Labute approximate surface area is 265 Å². The number of anilines is 1. The van der Waals surface area contributed by atoms with Gasteiger partial charge >= 0.3 is 6.09 Å². The average molecular weight is 620 g/mol. The molecule has 4 aliphatic rings. The number of methoxy groups -OCH3 is 1. The Morgan fingerprint density at radius 3 is 2.30 bits per heavy atom. The number of fused-ring (bicyclic) bond motifs is 4. The number of phenols is 1. The molecule has 7 rings (SSSR count). The number of nitrogens with one attached hydrogen (secondary N) is 1. The predicted molar refractivity (Wildman–Crippen MR) is 166 cm³/mol. The van der Waals surface area contributed by atoms with Crippen molar-refractivity contribution in [3.05, 3.63) is 107 Å². The Hall–Kier alpha value is -5.25. The van der Waals surface area contributed by atoms with E-state index in [0.717, 1.165) is 23.3 Å². The summed E-state index contributed by atoms with van der Waals surface area (Å²) in [5.41, 5.74) is 5.92. The molecule has 6 atom stereocenters. The molecule has 0 aromatic heterocycles. The van der Waals surface area contributed by atoms with Crippen molar-refractivity contribution in [2.75, 3.05) is 12.5 Å². The number of hydrazine groups is 1. The van der Waals surface area contributed by atoms with E-state index in [4.69, 9.17) is 4.74 Å². The molecule has 10 nitrogen and oxygen atoms in total. The highest BCUT2D eigenvalue weighted by atomic mass is 16.5. The molecular weight excluding hydrogens is 586 g/mol. The van der Waals surface area contributed by atoms with Gasteiger partial charge in [0.2, 0.25) is 11.8 Å². The first kappa shape index (κ1) is 29.5. The third-order valence-electron chi connectivity index (χ3n) is 10.3. The average Bonchev–Trinajstić information content (AvgIpc) is 3.44. The quantitative estimate of drug-likeness (QED) is 0.316. The SMILES string of the molecule is COC(=O)N1C(=O)[C@H]2[C@H](CC=C3[C@H]2C[C@H]2C(=O)N(Nc4ccc(C)cc4)C(=O)[C@@]2(c2ccccc2)[C@H]3c2ccc(O)c(C)c2)C1=O. The molecule has 2 heterocycles. The normalized spacial score (nSPS) is 28.4. The van der Waals surface area contributed by atoms with Gasteiger partial charge in [0.05, 0.1) is 36.0 Å². The fraction of sp³-hybridized carbons (Fsp3) is 0.306. The summed E-state index contributed by atoms with van der Waals surface area (Å²) >= 11 is 0. The number of benzene rings is 3. The Morgan fingerprint density at radius 2 is 1.63 bits per heavy atom. The van der Waals surface area contributed by atoms with E-state index in [0.29, 0.717) is 27.3 Å². The zero-order valence-corrected chi connectivity index (χ0v) is 25.6. The number of carbonyl (C=O) groups excluding carboxylic acids is 5. The van der Waals surface area contributed by atoms with Crippen molar-refractivity contribution < 1.29 is 33.8 Å². The predicted octanol–water partition coefficient (Wildman–Crippen LogP) is 4.76. The standard InChI is InChI=1S/C36H33N3O7/c1-19-9-12-23(13-10-19)37-39-32(42)27-18-26-24(14-15-25-29(26)33(43)38(31(25)41)35(45)46-3)30(21-11-16-28(40)20(2)17-21)36(27,34(39)44)22-7-5-4-6-8-22/h4-14,16-17,25-27,29-30,37,40H,15,18H2,1-3H3/t25-,26+,27-,29-,30-,36+/m0/s1. The Morgan fingerprint density at radius 1 is 0.913 bits per heavy atom. The second-order valence-electron chi connectivity index (χ2n) is 12.6. The molecule has 2 aliphatic heterocycles. The molecule has 3 aromatic carbocycles. The highest BCUT2D eigenvalue weighted by molar-refractivity contribution is 6.16. The summed E-state index contributed by atoms with van der Waals surface area (Å²) in [6.07, 6.45) is 1.18. The summed E-state index contributed by atoms with van der Waals surface area (Å²) in [7, 11) is 1.12. The smallest absolute Gasteiger partial charge is 0.423 e. The largest absolute Gasteiger partial charge is 0.508 e. The van der Waals surface area contributed by atoms with Crippen LogP contribution >= 0.6 is 0 Å². The van der Waals surface area contributed by atoms with Crippen molar-refractivity contribution in [3.63, 3.8) is 0 Å². The molecule has 3 aromatic rings. The lowest BCUT2D eigenvalue weighted by molar-refractivity contribution is -0.140. The van der Waals surface area contributed by atoms with Gasteiger partial charge in [-0.3, -0.25) is 24.6 Å². The van der Waals surface area contributed by atoms with Crippen LogP contribution in [-0.4, -0.2) is 51.8 Å². The second kappa shape index (κ2) is 10.7. The van der Waals surface area contributed by atoms with E-state index in [1.54, 1.807) is 31.2 Å². The number of imide groups is 4. The maximum absolute atomic E-state index is 15.1. The van der Waals surface area contributed by atoms with E-state index >= 15 is 4.79 Å². The summed E-state index contributed by atoms with van der Waals surface area (Å²) in [5.74, 6) is -6.02. The Balaban J connectivity index is 1.45. The summed E-state index contributed by atoms with van der Waals surface area (Å²) in [5, 5.41) is 11.6. The maximum Gasteiger partial charge on any atom is 0.423 e. The lowest BCUT2D eigenvalue weighted by Gasteiger charge is -2.50. The first-order valence-corrected chi connectivity index (χ1v) is 15.3. The van der Waals surface area contributed by atoms with Gasteiger partial charge in [-0.25, -0.2) is 4.79 Å². The molecule has 2 saturated heterocycles. The minimum atomic E-state index is -1.41. The fourth-order valence-corrected chi connectivity index (χ4v) is 8.25. The molecule has 5 amide bonds. The van der Waals surface area contributed by atoms with Gasteiger partial charge in [0.25, 0.3) is 11.8 Å². The molecular formula is C36H33N3O7. The third-order valence-corrected chi connectivity index (χ3v) is 10.3. The highest BCUT2D eigenvalue weighted by Gasteiger charge is 2.70. The number of hydrogen-bond donors (Lipinski definition) is 2. The van der Waals surface area contributed by atoms with Crippen molar-refractivity contribution >= 4 is 35.4 Å². The number of aryl methyl sites for hydroxylation is 2. The van der Waals surface area contributed by atoms with Crippen LogP contribution in [0.4, 0.5) is 10.5 Å². The number of hydrogen-bond acceptors (Lipinski definition) is 8. The van der Waals surface area contributed by atoms with Crippen LogP contribution in [0.2, 0.25) is 0 Å². The van der Waals surface area contributed by atoms with Crippen LogP contribution in [0.25, 0.3) is 0 Å². The van der Waals surface area contributed by atoms with E-state index in [2.05, 4.69) is 5.43 Å². The van der Waals surface area contributed by atoms with Crippen LogP contribution < -0.4 is 5.43 Å². The number of ether oxygens (including phenoxy) is 1. The van der Waals surface area contributed by atoms with Gasteiger partial charge in [-0.1, -0.05) is 71.8 Å². The van der Waals surface area contributed by atoms with Gasteiger partial charge in [0.15, 0.2) is 0 Å². The van der Waals surface area contributed by atoms with E-state index in [1.807, 2.05) is 61.5 Å². The number of amides is 5. The van der Waals surface area contributed by atoms with Crippen LogP contribution in [0.5, 0.6) is 5.75 Å². The number of rotatable bonds is 4. The van der Waals surface area contributed by atoms with Crippen molar-refractivity contribution in [1.82, 2.24) is 9.91 Å². The van der Waals surface area contributed by atoms with Gasteiger partial charge in [-0.15, -0.1) is 0 Å². The van der Waals surface area contributed by atoms with E-state index in [-0.39, 0.29) is 18.6 Å². The number of likely N-dealkylation sites (tertiary alicyclic amines) is 1. The second-order valence-corrected chi connectivity index (χ2v) is 12.6. The maximum atomic E-state index is 15.1. The number of nitrogens with zero attached hydrogens (tertiary/aromatic N) is 2. The number of allylic oxidation sites excluding steroid dienone is 2. The van der Waals surface area contributed by atoms with Gasteiger partial charge in [-0.05, 0) is 67.5 Å². The van der Waals surface area contributed by atoms with Crippen molar-refractivity contribution in [3.8, 4) is 5.75 Å². The fourth-order valence-electron chi connectivity index (χ4n) is 8.25. The lowest BCUT2D eigenvalue weighted by Crippen LogP contribution is -2.53. The first-order chi connectivity index (χ1) is 22.1. The van der Waals surface area contributed by atoms with Gasteiger partial charge in [0, 0.05) is 5.92 Å². The topological polar surface area (TPSA) is 133 Å². The van der Waals surface area contributed by atoms with Crippen molar-refractivity contribution in [1.29, 1.82) is 0 Å². The molecule has 0 unspecified atom stereocenters. The third kappa shape index (κ3) is 4.05. The minimum absolute atomic E-state index is 0.0842. The number of phenolic OH excluding ortho intramolecular Hbond substituents is 1. The molecule has 3 fully saturated rings. The van der Waals surface area contributed by atoms with Gasteiger partial charge in [-0.2, -0.15) is 9.91 Å². The molecule has 2 N–H and O–H groups in total.